The first-order valence-electron chi connectivity index (χ1n) is 5.99. The van der Waals surface area contributed by atoms with E-state index in [4.69, 9.17) is 4.74 Å². The Morgan fingerprint density at radius 1 is 1.56 bits per heavy atom. The van der Waals surface area contributed by atoms with Crippen molar-refractivity contribution in [1.82, 2.24) is 9.80 Å². The molecule has 104 valence electrons. The molecule has 1 saturated heterocycles. The Morgan fingerprint density at radius 3 is 2.56 bits per heavy atom. The standard InChI is InChI=1S/C12H21BrN2O3/c1-8(13)10(16)15-9(6-14(5)11(15)17)7-18-12(2,3)4/h8-9H,6-7H2,1-5H3/t8?,9-/m0/s1. The maximum atomic E-state index is 12.0. The van der Waals surface area contributed by atoms with Crippen LogP contribution in [0, 0.1) is 0 Å². The molecule has 0 aromatic carbocycles. The van der Waals surface area contributed by atoms with Gasteiger partial charge in [-0.05, 0) is 27.7 Å². The first-order chi connectivity index (χ1) is 8.13. The van der Waals surface area contributed by atoms with E-state index in [2.05, 4.69) is 15.9 Å². The molecule has 0 aliphatic carbocycles. The van der Waals surface area contributed by atoms with Gasteiger partial charge in [0.1, 0.15) is 0 Å². The number of halogens is 1. The lowest BCUT2D eigenvalue weighted by atomic mass is 10.2. The summed E-state index contributed by atoms with van der Waals surface area (Å²) in [5.74, 6) is -0.216. The van der Waals surface area contributed by atoms with Crippen LogP contribution in [0.3, 0.4) is 0 Å². The fourth-order valence-electron chi connectivity index (χ4n) is 1.76. The quantitative estimate of drug-likeness (QED) is 0.746. The van der Waals surface area contributed by atoms with Crippen LogP contribution in [0.25, 0.3) is 0 Å². The van der Waals surface area contributed by atoms with Crippen molar-refractivity contribution in [3.8, 4) is 0 Å². The maximum Gasteiger partial charge on any atom is 0.326 e. The minimum absolute atomic E-state index is 0.214. The lowest BCUT2D eigenvalue weighted by molar-refractivity contribution is -0.130. The van der Waals surface area contributed by atoms with E-state index in [1.807, 2.05) is 20.8 Å². The molecular formula is C12H21BrN2O3. The minimum atomic E-state index is -0.370. The van der Waals surface area contributed by atoms with Crippen LogP contribution < -0.4 is 0 Å². The molecule has 3 amide bonds. The van der Waals surface area contributed by atoms with Gasteiger partial charge in [0.2, 0.25) is 5.91 Å². The Labute approximate surface area is 117 Å². The van der Waals surface area contributed by atoms with Crippen LogP contribution in [0.5, 0.6) is 0 Å². The lowest BCUT2D eigenvalue weighted by Crippen LogP contribution is -2.45. The number of rotatable bonds is 3. The average Bonchev–Trinajstić information content (AvgIpc) is 2.50. The predicted molar refractivity (Wildman–Crippen MR) is 72.8 cm³/mol. The Kier molecular flexibility index (Phi) is 4.78. The number of urea groups is 1. The number of nitrogens with zero attached hydrogens (tertiary/aromatic N) is 2. The zero-order valence-electron chi connectivity index (χ0n) is 11.6. The molecule has 0 N–H and O–H groups in total. The summed E-state index contributed by atoms with van der Waals surface area (Å²) in [6.07, 6.45) is 0. The van der Waals surface area contributed by atoms with Crippen molar-refractivity contribution < 1.29 is 14.3 Å². The molecular weight excluding hydrogens is 300 g/mol. The van der Waals surface area contributed by atoms with Crippen LogP contribution in [0.15, 0.2) is 0 Å². The van der Waals surface area contributed by atoms with Crippen LogP contribution in [-0.4, -0.2) is 58.4 Å². The van der Waals surface area contributed by atoms with E-state index >= 15 is 0 Å². The van der Waals surface area contributed by atoms with Gasteiger partial charge in [0.15, 0.2) is 0 Å². The molecule has 0 aromatic rings. The second kappa shape index (κ2) is 5.57. The number of alkyl halides is 1. The fourth-order valence-corrected chi connectivity index (χ4v) is 1.98. The van der Waals surface area contributed by atoms with E-state index in [0.29, 0.717) is 13.2 Å². The molecule has 1 aliphatic rings. The predicted octanol–water partition coefficient (Wildman–Crippen LogP) is 1.85. The van der Waals surface area contributed by atoms with E-state index in [1.54, 1.807) is 18.9 Å². The number of hydrogen-bond acceptors (Lipinski definition) is 3. The van der Waals surface area contributed by atoms with Gasteiger partial charge >= 0.3 is 6.03 Å². The molecule has 5 nitrogen and oxygen atoms in total. The number of hydrogen-bond donors (Lipinski definition) is 0. The summed E-state index contributed by atoms with van der Waals surface area (Å²) in [6.45, 7) is 8.45. The van der Waals surface area contributed by atoms with Gasteiger partial charge in [-0.2, -0.15) is 0 Å². The molecule has 0 saturated carbocycles. The largest absolute Gasteiger partial charge is 0.374 e. The van der Waals surface area contributed by atoms with Crippen molar-refractivity contribution in [3.63, 3.8) is 0 Å². The molecule has 18 heavy (non-hydrogen) atoms. The third-order valence-corrected chi connectivity index (χ3v) is 3.06. The number of carbonyl (C=O) groups is 2. The summed E-state index contributed by atoms with van der Waals surface area (Å²) in [5, 5.41) is 0. The Hall–Kier alpha value is -0.620. The van der Waals surface area contributed by atoms with Crippen molar-refractivity contribution in [2.75, 3.05) is 20.2 Å². The van der Waals surface area contributed by atoms with Crippen LogP contribution in [-0.2, 0) is 9.53 Å². The first-order valence-corrected chi connectivity index (χ1v) is 6.91. The monoisotopic (exact) mass is 320 g/mol. The molecule has 2 atom stereocenters. The summed E-state index contributed by atoms with van der Waals surface area (Å²) in [7, 11) is 1.69. The average molecular weight is 321 g/mol. The van der Waals surface area contributed by atoms with E-state index < -0.39 is 0 Å². The molecule has 0 aromatic heterocycles. The second-order valence-corrected chi connectivity index (χ2v) is 6.94. The summed E-state index contributed by atoms with van der Waals surface area (Å²) in [6, 6.07) is -0.469. The third-order valence-electron chi connectivity index (χ3n) is 2.67. The van der Waals surface area contributed by atoms with Crippen LogP contribution in [0.1, 0.15) is 27.7 Å². The smallest absolute Gasteiger partial charge is 0.326 e. The minimum Gasteiger partial charge on any atom is -0.374 e. The van der Waals surface area contributed by atoms with Gasteiger partial charge in [0.05, 0.1) is 23.1 Å². The summed E-state index contributed by atoms with van der Waals surface area (Å²) in [4.78, 5) is 26.4. The fraction of sp³-hybridized carbons (Fsp3) is 0.833. The van der Waals surface area contributed by atoms with Gasteiger partial charge in [-0.3, -0.25) is 9.69 Å². The Balaban J connectivity index is 2.76. The molecule has 6 heteroatoms. The Bertz CT molecular complexity index is 339. The van der Waals surface area contributed by atoms with Crippen molar-refractivity contribution >= 4 is 27.9 Å². The first kappa shape index (κ1) is 15.4. The normalized spacial score (nSPS) is 22.6. The topological polar surface area (TPSA) is 49.9 Å². The molecule has 0 radical (unpaired) electrons. The highest BCUT2D eigenvalue weighted by atomic mass is 79.9. The summed E-state index contributed by atoms with van der Waals surface area (Å²) in [5.41, 5.74) is -0.279. The number of imide groups is 1. The van der Waals surface area contributed by atoms with Crippen LogP contribution >= 0.6 is 15.9 Å². The maximum absolute atomic E-state index is 12.0. The zero-order chi connectivity index (χ0) is 14.1. The zero-order valence-corrected chi connectivity index (χ0v) is 13.2. The van der Waals surface area contributed by atoms with Crippen molar-refractivity contribution in [2.45, 2.75) is 44.2 Å². The van der Waals surface area contributed by atoms with Gasteiger partial charge in [-0.15, -0.1) is 0 Å². The van der Waals surface area contributed by atoms with Crippen molar-refractivity contribution in [2.24, 2.45) is 0 Å². The van der Waals surface area contributed by atoms with Crippen molar-refractivity contribution in [1.29, 1.82) is 0 Å². The SMILES string of the molecule is CC(Br)C(=O)N1C(=O)N(C)C[C@H]1COC(C)(C)C. The van der Waals surface area contributed by atoms with Gasteiger partial charge in [-0.25, -0.2) is 4.79 Å². The van der Waals surface area contributed by atoms with Crippen molar-refractivity contribution in [3.05, 3.63) is 0 Å². The molecule has 0 spiro atoms. The third kappa shape index (κ3) is 3.68. The highest BCUT2D eigenvalue weighted by Crippen LogP contribution is 2.20. The van der Waals surface area contributed by atoms with Gasteiger partial charge in [-0.1, -0.05) is 15.9 Å². The van der Waals surface area contributed by atoms with Gasteiger partial charge < -0.3 is 9.64 Å². The highest BCUT2D eigenvalue weighted by Gasteiger charge is 2.41. The second-order valence-electron chi connectivity index (χ2n) is 5.56. The van der Waals surface area contributed by atoms with E-state index in [1.165, 1.54) is 4.90 Å². The number of likely N-dealkylation sites (N-methyl/N-ethyl adjacent to an activating group) is 1. The molecule has 1 heterocycles. The summed E-state index contributed by atoms with van der Waals surface area (Å²) < 4.78 is 5.68. The molecule has 1 aliphatic heterocycles. The molecule has 1 unspecified atom stereocenters. The Morgan fingerprint density at radius 2 is 2.11 bits per heavy atom. The highest BCUT2D eigenvalue weighted by molar-refractivity contribution is 9.10. The van der Waals surface area contributed by atoms with Gasteiger partial charge in [0.25, 0.3) is 0 Å². The van der Waals surface area contributed by atoms with E-state index in [-0.39, 0.29) is 28.4 Å². The number of carbonyl (C=O) groups excluding carboxylic acids is 2. The lowest BCUT2D eigenvalue weighted by Gasteiger charge is -2.26. The molecule has 1 fully saturated rings. The van der Waals surface area contributed by atoms with Crippen LogP contribution in [0.2, 0.25) is 0 Å². The number of ether oxygens (including phenoxy) is 1. The van der Waals surface area contributed by atoms with E-state index in [9.17, 15) is 9.59 Å². The molecule has 0 bridgehead atoms. The van der Waals surface area contributed by atoms with E-state index in [0.717, 1.165) is 0 Å². The van der Waals surface area contributed by atoms with Gasteiger partial charge in [0, 0.05) is 13.6 Å². The number of amides is 3. The van der Waals surface area contributed by atoms with Crippen LogP contribution in [0.4, 0.5) is 4.79 Å². The molecule has 1 rings (SSSR count). The summed E-state index contributed by atoms with van der Waals surface area (Å²) >= 11 is 3.21.